The zero-order valence-corrected chi connectivity index (χ0v) is 16.2. The third kappa shape index (κ3) is 4.62. The van der Waals surface area contributed by atoms with E-state index >= 15 is 0 Å². The van der Waals surface area contributed by atoms with E-state index in [1.807, 2.05) is 19.9 Å². The summed E-state index contributed by atoms with van der Waals surface area (Å²) in [4.78, 5) is 24.3. The van der Waals surface area contributed by atoms with Crippen molar-refractivity contribution in [3.05, 3.63) is 34.9 Å². The number of nitrogens with zero attached hydrogens (tertiary/aromatic N) is 1. The first-order valence-corrected chi connectivity index (χ1v) is 10.3. The van der Waals surface area contributed by atoms with Crippen molar-refractivity contribution in [2.24, 2.45) is 5.92 Å². The molecule has 1 heterocycles. The summed E-state index contributed by atoms with van der Waals surface area (Å²) >= 11 is 0. The number of carbonyl (C=O) groups excluding carboxylic acids is 1. The van der Waals surface area contributed by atoms with Crippen LogP contribution in [0.4, 0.5) is 0 Å². The molecule has 1 amide bonds. The van der Waals surface area contributed by atoms with Crippen molar-refractivity contribution in [1.82, 2.24) is 9.62 Å². The molecule has 0 spiro atoms. The van der Waals surface area contributed by atoms with Gasteiger partial charge in [0.05, 0.1) is 11.7 Å². The largest absolute Gasteiger partial charge is 0.479 e. The molecule has 8 heteroatoms. The van der Waals surface area contributed by atoms with Gasteiger partial charge in [-0.25, -0.2) is 17.5 Å². The molecule has 0 radical (unpaired) electrons. The minimum atomic E-state index is -3.36. The van der Waals surface area contributed by atoms with Crippen LogP contribution in [-0.4, -0.2) is 48.5 Å². The molecule has 2 rings (SSSR count). The van der Waals surface area contributed by atoms with E-state index in [0.717, 1.165) is 11.1 Å². The van der Waals surface area contributed by atoms with Gasteiger partial charge in [0.15, 0.2) is 6.04 Å². The maximum absolute atomic E-state index is 12.6. The van der Waals surface area contributed by atoms with Crippen molar-refractivity contribution in [3.63, 3.8) is 0 Å². The van der Waals surface area contributed by atoms with Crippen molar-refractivity contribution < 1.29 is 23.1 Å². The highest BCUT2D eigenvalue weighted by molar-refractivity contribution is 7.89. The molecule has 7 nitrogen and oxygen atoms in total. The summed E-state index contributed by atoms with van der Waals surface area (Å²) in [5.74, 6) is -2.12. The van der Waals surface area contributed by atoms with Gasteiger partial charge in [0, 0.05) is 13.1 Å². The zero-order valence-electron chi connectivity index (χ0n) is 15.4. The second-order valence-corrected chi connectivity index (χ2v) is 8.98. The fourth-order valence-corrected chi connectivity index (χ4v) is 4.26. The zero-order chi connectivity index (χ0) is 19.5. The number of hydrogen-bond acceptors (Lipinski definition) is 4. The summed E-state index contributed by atoms with van der Waals surface area (Å²) in [6, 6.07) is 4.11. The number of carbonyl (C=O) groups is 2. The fourth-order valence-electron chi connectivity index (χ4n) is 3.08. The van der Waals surface area contributed by atoms with Crippen molar-refractivity contribution in [2.45, 2.75) is 39.7 Å². The first-order valence-electron chi connectivity index (χ1n) is 8.74. The van der Waals surface area contributed by atoms with Crippen LogP contribution in [-0.2, 0) is 19.6 Å². The molecule has 2 N–H and O–H groups in total. The second kappa shape index (κ2) is 8.18. The molecule has 26 heavy (non-hydrogen) atoms. The van der Waals surface area contributed by atoms with Crippen LogP contribution in [0.15, 0.2) is 18.2 Å². The number of nitrogens with one attached hydrogen (secondary N) is 1. The summed E-state index contributed by atoms with van der Waals surface area (Å²) in [6.45, 7) is 5.88. The monoisotopic (exact) mass is 382 g/mol. The van der Waals surface area contributed by atoms with Crippen molar-refractivity contribution in [2.75, 3.05) is 18.8 Å². The predicted octanol–water partition coefficient (Wildman–Crippen LogP) is 1.61. The van der Waals surface area contributed by atoms with Gasteiger partial charge in [0.2, 0.25) is 15.9 Å². The lowest BCUT2D eigenvalue weighted by Crippen LogP contribution is -2.47. The number of hydrogen-bond donors (Lipinski definition) is 2. The predicted molar refractivity (Wildman–Crippen MR) is 98.2 cm³/mol. The number of sulfonamides is 1. The molecular formula is C18H26N2O5S. The Hall–Kier alpha value is -1.93. The number of carboxylic acids is 1. The highest BCUT2D eigenvalue weighted by Crippen LogP contribution is 2.22. The topological polar surface area (TPSA) is 104 Å². The lowest BCUT2D eigenvalue weighted by atomic mass is 9.96. The van der Waals surface area contributed by atoms with Gasteiger partial charge in [0.25, 0.3) is 0 Å². The fraction of sp³-hybridized carbons (Fsp3) is 0.556. The molecule has 1 fully saturated rings. The van der Waals surface area contributed by atoms with Crippen LogP contribution in [0.25, 0.3) is 0 Å². The summed E-state index contributed by atoms with van der Waals surface area (Å²) in [5, 5.41) is 12.1. The van der Waals surface area contributed by atoms with E-state index in [1.54, 1.807) is 19.1 Å². The van der Waals surface area contributed by atoms with Gasteiger partial charge in [0.1, 0.15) is 0 Å². The number of rotatable bonds is 6. The number of carboxylic acid groups (broad SMARTS) is 1. The SMILES string of the molecule is CCS(=O)(=O)N1CCCC(C(=O)NC(C(=O)O)c2ccc(C)c(C)c2)C1. The quantitative estimate of drug-likeness (QED) is 0.778. The number of piperidine rings is 1. The van der Waals surface area contributed by atoms with Crippen LogP contribution >= 0.6 is 0 Å². The molecular weight excluding hydrogens is 356 g/mol. The Morgan fingerprint density at radius 3 is 2.58 bits per heavy atom. The minimum absolute atomic E-state index is 0.0122. The first kappa shape index (κ1) is 20.4. The van der Waals surface area contributed by atoms with E-state index in [0.29, 0.717) is 24.9 Å². The van der Waals surface area contributed by atoms with Crippen LogP contribution in [0.3, 0.4) is 0 Å². The third-order valence-electron chi connectivity index (χ3n) is 4.91. The van der Waals surface area contributed by atoms with Crippen LogP contribution in [0.1, 0.15) is 42.5 Å². The lowest BCUT2D eigenvalue weighted by molar-refractivity contribution is -0.143. The van der Waals surface area contributed by atoms with Crippen LogP contribution < -0.4 is 5.32 Å². The van der Waals surface area contributed by atoms with Gasteiger partial charge in [-0.05, 0) is 50.3 Å². The molecule has 0 aromatic heterocycles. The van der Waals surface area contributed by atoms with Gasteiger partial charge in [-0.15, -0.1) is 0 Å². The molecule has 1 aliphatic rings. The summed E-state index contributed by atoms with van der Waals surface area (Å²) < 4.78 is 25.4. The maximum Gasteiger partial charge on any atom is 0.330 e. The molecule has 1 aromatic carbocycles. The maximum atomic E-state index is 12.6. The van der Waals surface area contributed by atoms with Crippen LogP contribution in [0, 0.1) is 19.8 Å². The molecule has 1 saturated heterocycles. The summed E-state index contributed by atoms with van der Waals surface area (Å²) in [7, 11) is -3.36. The van der Waals surface area contributed by atoms with Crippen LogP contribution in [0.2, 0.25) is 0 Å². The van der Waals surface area contributed by atoms with Crippen molar-refractivity contribution >= 4 is 21.9 Å². The number of aliphatic carboxylic acids is 1. The molecule has 2 unspecified atom stereocenters. The number of aryl methyl sites for hydroxylation is 2. The molecule has 1 aliphatic heterocycles. The second-order valence-electron chi connectivity index (χ2n) is 6.72. The molecule has 0 bridgehead atoms. The average molecular weight is 382 g/mol. The first-order chi connectivity index (χ1) is 12.2. The standard InChI is InChI=1S/C18H26N2O5S/c1-4-26(24,25)20-9-5-6-15(11-20)17(21)19-16(18(22)23)14-8-7-12(2)13(3)10-14/h7-8,10,15-16H,4-6,9,11H2,1-3H3,(H,19,21)(H,22,23). The number of benzene rings is 1. The summed E-state index contributed by atoms with van der Waals surface area (Å²) in [5.41, 5.74) is 2.49. The van der Waals surface area contributed by atoms with Gasteiger partial charge in [-0.2, -0.15) is 0 Å². The Morgan fingerprint density at radius 1 is 1.31 bits per heavy atom. The average Bonchev–Trinajstić information content (AvgIpc) is 2.61. The van der Waals surface area contributed by atoms with E-state index in [1.165, 1.54) is 4.31 Å². The Morgan fingerprint density at radius 2 is 2.00 bits per heavy atom. The lowest BCUT2D eigenvalue weighted by Gasteiger charge is -2.31. The Labute approximate surface area is 154 Å². The normalized spacial score (nSPS) is 19.7. The third-order valence-corrected chi connectivity index (χ3v) is 6.76. The molecule has 144 valence electrons. The Bertz CT molecular complexity index is 791. The van der Waals surface area contributed by atoms with E-state index in [4.69, 9.17) is 0 Å². The van der Waals surface area contributed by atoms with Crippen LogP contribution in [0.5, 0.6) is 0 Å². The minimum Gasteiger partial charge on any atom is -0.479 e. The highest BCUT2D eigenvalue weighted by atomic mass is 32.2. The van der Waals surface area contributed by atoms with E-state index in [2.05, 4.69) is 5.32 Å². The smallest absolute Gasteiger partial charge is 0.330 e. The molecule has 1 aromatic rings. The Balaban J connectivity index is 2.14. The van der Waals surface area contributed by atoms with Gasteiger partial charge < -0.3 is 10.4 Å². The Kier molecular flexibility index (Phi) is 6.41. The highest BCUT2D eigenvalue weighted by Gasteiger charge is 2.33. The molecule has 2 atom stereocenters. The van der Waals surface area contributed by atoms with E-state index in [-0.39, 0.29) is 12.3 Å². The summed E-state index contributed by atoms with van der Waals surface area (Å²) in [6.07, 6.45) is 1.12. The van der Waals surface area contributed by atoms with Crippen molar-refractivity contribution in [3.8, 4) is 0 Å². The molecule has 0 aliphatic carbocycles. The van der Waals surface area contributed by atoms with Gasteiger partial charge in [-0.3, -0.25) is 4.79 Å². The van der Waals surface area contributed by atoms with Gasteiger partial charge >= 0.3 is 5.97 Å². The van der Waals surface area contributed by atoms with Gasteiger partial charge in [-0.1, -0.05) is 18.2 Å². The van der Waals surface area contributed by atoms with E-state index < -0.39 is 33.9 Å². The molecule has 0 saturated carbocycles. The number of amides is 1. The van der Waals surface area contributed by atoms with Crippen molar-refractivity contribution in [1.29, 1.82) is 0 Å². The van der Waals surface area contributed by atoms with E-state index in [9.17, 15) is 23.1 Å².